The SMILES string of the molecule is C=C/C=C(\C(F)(F)F)C(F)(F)Cl. The van der Waals surface area contributed by atoms with Crippen LogP contribution < -0.4 is 0 Å². The Morgan fingerprint density at radius 1 is 1.17 bits per heavy atom. The van der Waals surface area contributed by atoms with E-state index in [1.54, 1.807) is 0 Å². The van der Waals surface area contributed by atoms with Crippen LogP contribution in [0.4, 0.5) is 22.0 Å². The maximum Gasteiger partial charge on any atom is 0.419 e. The van der Waals surface area contributed by atoms with Crippen LogP contribution in [0.15, 0.2) is 24.3 Å². The zero-order chi connectivity index (χ0) is 9.99. The quantitative estimate of drug-likeness (QED) is 0.369. The van der Waals surface area contributed by atoms with Crippen molar-refractivity contribution in [3.8, 4) is 0 Å². The van der Waals surface area contributed by atoms with E-state index in [2.05, 4.69) is 18.2 Å². The smallest absolute Gasteiger partial charge is 0.183 e. The fourth-order valence-corrected chi connectivity index (χ4v) is 0.638. The van der Waals surface area contributed by atoms with E-state index in [4.69, 9.17) is 0 Å². The van der Waals surface area contributed by atoms with Crippen LogP contribution in [0.2, 0.25) is 0 Å². The predicted octanol–water partition coefficient (Wildman–Crippen LogP) is 3.49. The molecule has 0 aromatic carbocycles. The summed E-state index contributed by atoms with van der Waals surface area (Å²) in [5, 5.41) is -4.41. The third kappa shape index (κ3) is 3.21. The Hall–Kier alpha value is -0.580. The van der Waals surface area contributed by atoms with Crippen molar-refractivity contribution in [1.29, 1.82) is 0 Å². The third-order valence-corrected chi connectivity index (χ3v) is 1.10. The topological polar surface area (TPSA) is 0 Å². The summed E-state index contributed by atoms with van der Waals surface area (Å²) in [5.74, 6) is 0. The van der Waals surface area contributed by atoms with E-state index < -0.39 is 17.1 Å². The minimum absolute atomic E-state index is 0.132. The summed E-state index contributed by atoms with van der Waals surface area (Å²) in [7, 11) is 0. The van der Waals surface area contributed by atoms with Gasteiger partial charge in [0.15, 0.2) is 0 Å². The first-order chi connectivity index (χ1) is 5.19. The Morgan fingerprint density at radius 3 is 1.67 bits per heavy atom. The van der Waals surface area contributed by atoms with E-state index in [1.807, 2.05) is 0 Å². The Labute approximate surface area is 70.3 Å². The van der Waals surface area contributed by atoms with Gasteiger partial charge in [0.2, 0.25) is 0 Å². The van der Waals surface area contributed by atoms with Crippen LogP contribution in [-0.2, 0) is 0 Å². The molecule has 0 aromatic rings. The van der Waals surface area contributed by atoms with Gasteiger partial charge in [-0.2, -0.15) is 22.0 Å². The summed E-state index contributed by atoms with van der Waals surface area (Å²) in [6.45, 7) is 2.86. The summed E-state index contributed by atoms with van der Waals surface area (Å²) in [6.07, 6.45) is -4.41. The van der Waals surface area contributed by atoms with E-state index >= 15 is 0 Å². The molecular weight excluding hydrogens is 203 g/mol. The Bertz CT molecular complexity index is 181. The molecule has 0 bridgehead atoms. The van der Waals surface area contributed by atoms with E-state index in [0.29, 0.717) is 6.08 Å². The average Bonchev–Trinajstić information content (AvgIpc) is 1.77. The molecule has 12 heavy (non-hydrogen) atoms. The van der Waals surface area contributed by atoms with Crippen LogP contribution in [0, 0.1) is 0 Å². The van der Waals surface area contributed by atoms with Gasteiger partial charge in [-0.25, -0.2) is 0 Å². The largest absolute Gasteiger partial charge is 0.419 e. The lowest BCUT2D eigenvalue weighted by Gasteiger charge is -2.15. The van der Waals surface area contributed by atoms with Gasteiger partial charge in [0.05, 0.1) is 0 Å². The second-order valence-electron chi connectivity index (χ2n) is 1.81. The summed E-state index contributed by atoms with van der Waals surface area (Å²) in [6, 6.07) is 0. The molecule has 0 radical (unpaired) electrons. The van der Waals surface area contributed by atoms with Crippen LogP contribution in [0.5, 0.6) is 0 Å². The highest BCUT2D eigenvalue weighted by Gasteiger charge is 2.48. The van der Waals surface area contributed by atoms with Gasteiger partial charge >= 0.3 is 11.6 Å². The molecule has 0 spiro atoms. The summed E-state index contributed by atoms with van der Waals surface area (Å²) < 4.78 is 59.2. The molecule has 0 aliphatic heterocycles. The van der Waals surface area contributed by atoms with Gasteiger partial charge in [-0.3, -0.25) is 0 Å². The van der Waals surface area contributed by atoms with Gasteiger partial charge in [0, 0.05) is 0 Å². The third-order valence-electron chi connectivity index (χ3n) is 0.895. The van der Waals surface area contributed by atoms with E-state index in [9.17, 15) is 22.0 Å². The zero-order valence-electron chi connectivity index (χ0n) is 5.63. The lowest BCUT2D eigenvalue weighted by molar-refractivity contribution is -0.114. The standard InChI is InChI=1S/C6H4ClF5/c1-2-3-4(5(7,8)9)6(10,11)12/h2-3H,1H2/b4-3-. The highest BCUT2D eigenvalue weighted by Crippen LogP contribution is 2.39. The van der Waals surface area contributed by atoms with Gasteiger partial charge in [0.1, 0.15) is 5.57 Å². The molecule has 0 fully saturated rings. The molecule has 0 N–H and O–H groups in total. The van der Waals surface area contributed by atoms with Crippen molar-refractivity contribution in [3.63, 3.8) is 0 Å². The maximum atomic E-state index is 12.0. The van der Waals surface area contributed by atoms with Crippen LogP contribution in [0.1, 0.15) is 0 Å². The van der Waals surface area contributed by atoms with Gasteiger partial charge in [-0.15, -0.1) is 0 Å². The van der Waals surface area contributed by atoms with Gasteiger partial charge in [-0.05, 0) is 17.7 Å². The highest BCUT2D eigenvalue weighted by atomic mass is 35.5. The molecule has 0 aliphatic carbocycles. The number of allylic oxidation sites excluding steroid dienone is 3. The van der Waals surface area contributed by atoms with Gasteiger partial charge < -0.3 is 0 Å². The molecule has 0 rings (SSSR count). The van der Waals surface area contributed by atoms with E-state index in [-0.39, 0.29) is 6.08 Å². The minimum atomic E-state index is -5.14. The van der Waals surface area contributed by atoms with Gasteiger partial charge in [0.25, 0.3) is 0 Å². The highest BCUT2D eigenvalue weighted by molar-refractivity contribution is 6.23. The minimum Gasteiger partial charge on any atom is -0.183 e. The summed E-state index contributed by atoms with van der Waals surface area (Å²) >= 11 is 4.19. The fourth-order valence-electron chi connectivity index (χ4n) is 0.468. The molecule has 6 heteroatoms. The van der Waals surface area contributed by atoms with Crippen molar-refractivity contribution >= 4 is 11.6 Å². The van der Waals surface area contributed by atoms with Crippen molar-refractivity contribution in [2.24, 2.45) is 0 Å². The van der Waals surface area contributed by atoms with Crippen LogP contribution in [-0.4, -0.2) is 11.6 Å². The van der Waals surface area contributed by atoms with Crippen LogP contribution in [0.3, 0.4) is 0 Å². The fraction of sp³-hybridized carbons (Fsp3) is 0.333. The number of alkyl halides is 6. The number of rotatable bonds is 2. The molecule has 0 atom stereocenters. The van der Waals surface area contributed by atoms with Crippen molar-refractivity contribution in [2.45, 2.75) is 11.6 Å². The Kier molecular flexibility index (Phi) is 3.26. The zero-order valence-corrected chi connectivity index (χ0v) is 6.39. The molecule has 70 valence electrons. The molecule has 0 unspecified atom stereocenters. The van der Waals surface area contributed by atoms with E-state index in [0.717, 1.165) is 0 Å². The Balaban J connectivity index is 4.95. The number of halogens is 6. The second-order valence-corrected chi connectivity index (χ2v) is 2.29. The van der Waals surface area contributed by atoms with Crippen molar-refractivity contribution in [2.75, 3.05) is 0 Å². The van der Waals surface area contributed by atoms with Gasteiger partial charge in [-0.1, -0.05) is 12.7 Å². The monoisotopic (exact) mass is 206 g/mol. The molecule has 0 aliphatic rings. The summed E-state index contributed by atoms with van der Waals surface area (Å²) in [4.78, 5) is 0. The van der Waals surface area contributed by atoms with E-state index in [1.165, 1.54) is 0 Å². The predicted molar refractivity (Wildman–Crippen MR) is 35.1 cm³/mol. The molecule has 0 nitrogen and oxygen atoms in total. The molecule has 0 saturated carbocycles. The van der Waals surface area contributed by atoms with Crippen LogP contribution >= 0.6 is 11.6 Å². The molecule has 0 heterocycles. The Morgan fingerprint density at radius 2 is 1.58 bits per heavy atom. The van der Waals surface area contributed by atoms with Crippen molar-refractivity contribution < 1.29 is 22.0 Å². The molecular formula is C6H4ClF5. The molecule has 0 aromatic heterocycles. The second kappa shape index (κ2) is 3.43. The lowest BCUT2D eigenvalue weighted by Crippen LogP contribution is -2.24. The number of hydrogen-bond donors (Lipinski definition) is 0. The lowest BCUT2D eigenvalue weighted by atomic mass is 10.2. The first kappa shape index (κ1) is 11.4. The molecule has 0 saturated heterocycles. The first-order valence-corrected chi connectivity index (χ1v) is 3.04. The van der Waals surface area contributed by atoms with Crippen molar-refractivity contribution in [1.82, 2.24) is 0 Å². The first-order valence-electron chi connectivity index (χ1n) is 2.66. The normalized spacial score (nSPS) is 14.7. The average molecular weight is 207 g/mol. The maximum absolute atomic E-state index is 12.0. The number of hydrogen-bond acceptors (Lipinski definition) is 0. The molecule has 0 amide bonds. The van der Waals surface area contributed by atoms with Crippen molar-refractivity contribution in [3.05, 3.63) is 24.3 Å². The summed E-state index contributed by atoms with van der Waals surface area (Å²) in [5.41, 5.74) is -2.12. The van der Waals surface area contributed by atoms with Crippen LogP contribution in [0.25, 0.3) is 0 Å².